The van der Waals surface area contributed by atoms with Gasteiger partial charge in [-0.15, -0.1) is 0 Å². The first-order valence-corrected chi connectivity index (χ1v) is 5.42. The quantitative estimate of drug-likeness (QED) is 0.741. The van der Waals surface area contributed by atoms with Crippen molar-refractivity contribution in [3.8, 4) is 5.75 Å². The zero-order chi connectivity index (χ0) is 10.5. The van der Waals surface area contributed by atoms with Gasteiger partial charge in [0.05, 0.1) is 6.61 Å². The minimum Gasteiger partial charge on any atom is -0.487 e. The van der Waals surface area contributed by atoms with Crippen LogP contribution in [0.3, 0.4) is 0 Å². The predicted octanol–water partition coefficient (Wildman–Crippen LogP) is 1.36. The lowest BCUT2D eigenvalue weighted by molar-refractivity contribution is 0.0601. The summed E-state index contributed by atoms with van der Waals surface area (Å²) in [5.74, 6) is 1.00. The Balaban J connectivity index is 1.76. The van der Waals surface area contributed by atoms with Crippen LogP contribution in [0.25, 0.3) is 0 Å². The second-order valence-electron chi connectivity index (χ2n) is 3.77. The molecule has 0 aliphatic carbocycles. The molecule has 0 spiro atoms. The number of fused-ring (bicyclic) bond motifs is 1. The van der Waals surface area contributed by atoms with E-state index in [0.717, 1.165) is 25.2 Å². The van der Waals surface area contributed by atoms with E-state index in [-0.39, 0.29) is 6.10 Å². The van der Waals surface area contributed by atoms with Crippen molar-refractivity contribution >= 4 is 0 Å². The van der Waals surface area contributed by atoms with Gasteiger partial charge in [0.1, 0.15) is 11.9 Å². The van der Waals surface area contributed by atoms with Crippen LogP contribution in [0.5, 0.6) is 5.75 Å². The number of benzene rings is 1. The summed E-state index contributed by atoms with van der Waals surface area (Å²) in [7, 11) is 0. The molecule has 1 aliphatic heterocycles. The predicted molar refractivity (Wildman–Crippen MR) is 59.1 cm³/mol. The minimum absolute atomic E-state index is 0.181. The van der Waals surface area contributed by atoms with Gasteiger partial charge in [-0.1, -0.05) is 18.2 Å². The Hall–Kier alpha value is -1.06. The number of rotatable bonds is 5. The van der Waals surface area contributed by atoms with Gasteiger partial charge in [0.15, 0.2) is 0 Å². The van der Waals surface area contributed by atoms with Gasteiger partial charge in [-0.2, -0.15) is 0 Å². The first-order chi connectivity index (χ1) is 7.40. The SMILES string of the molecule is NCCCOCC1Cc2ccccc2O1. The fourth-order valence-electron chi connectivity index (χ4n) is 1.75. The molecule has 0 amide bonds. The molecule has 1 unspecified atom stereocenters. The highest BCUT2D eigenvalue weighted by atomic mass is 16.5. The Morgan fingerprint density at radius 1 is 1.40 bits per heavy atom. The molecule has 1 aromatic carbocycles. The minimum atomic E-state index is 0.181. The van der Waals surface area contributed by atoms with E-state index >= 15 is 0 Å². The lowest BCUT2D eigenvalue weighted by atomic mass is 10.1. The van der Waals surface area contributed by atoms with Gasteiger partial charge in [0, 0.05) is 13.0 Å². The maximum atomic E-state index is 5.73. The molecule has 3 heteroatoms. The van der Waals surface area contributed by atoms with E-state index in [1.54, 1.807) is 0 Å². The molecule has 0 saturated carbocycles. The summed E-state index contributed by atoms with van der Waals surface area (Å²) < 4.78 is 11.2. The largest absolute Gasteiger partial charge is 0.487 e. The monoisotopic (exact) mass is 207 g/mol. The van der Waals surface area contributed by atoms with E-state index in [2.05, 4.69) is 6.07 Å². The van der Waals surface area contributed by atoms with Gasteiger partial charge in [0.25, 0.3) is 0 Å². The van der Waals surface area contributed by atoms with Crippen LogP contribution in [-0.2, 0) is 11.2 Å². The second-order valence-corrected chi connectivity index (χ2v) is 3.77. The fourth-order valence-corrected chi connectivity index (χ4v) is 1.75. The standard InChI is InChI=1S/C12H17NO2/c13-6-3-7-14-9-11-8-10-4-1-2-5-12(10)15-11/h1-2,4-5,11H,3,6-9,13H2. The van der Waals surface area contributed by atoms with Gasteiger partial charge >= 0.3 is 0 Å². The van der Waals surface area contributed by atoms with Crippen molar-refractivity contribution in [3.63, 3.8) is 0 Å². The van der Waals surface area contributed by atoms with Gasteiger partial charge in [0.2, 0.25) is 0 Å². The lowest BCUT2D eigenvalue weighted by Gasteiger charge is -2.10. The molecule has 0 bridgehead atoms. The molecule has 2 N–H and O–H groups in total. The normalized spacial score (nSPS) is 18.6. The average molecular weight is 207 g/mol. The van der Waals surface area contributed by atoms with Crippen molar-refractivity contribution in [3.05, 3.63) is 29.8 Å². The molecule has 82 valence electrons. The van der Waals surface area contributed by atoms with E-state index in [0.29, 0.717) is 13.2 Å². The van der Waals surface area contributed by atoms with Crippen molar-refractivity contribution in [2.45, 2.75) is 18.9 Å². The molecule has 1 heterocycles. The summed E-state index contributed by atoms with van der Waals surface area (Å²) in [5, 5.41) is 0. The Kier molecular flexibility index (Phi) is 3.59. The molecule has 0 radical (unpaired) electrons. The first-order valence-electron chi connectivity index (χ1n) is 5.42. The molecule has 3 nitrogen and oxygen atoms in total. The highest BCUT2D eigenvalue weighted by molar-refractivity contribution is 5.37. The summed E-state index contributed by atoms with van der Waals surface area (Å²) in [5.41, 5.74) is 6.66. The molecule has 0 aromatic heterocycles. The topological polar surface area (TPSA) is 44.5 Å². The Bertz CT molecular complexity index is 289. The van der Waals surface area contributed by atoms with E-state index < -0.39 is 0 Å². The van der Waals surface area contributed by atoms with Crippen molar-refractivity contribution in [1.29, 1.82) is 0 Å². The summed E-state index contributed by atoms with van der Waals surface area (Å²) in [6.07, 6.45) is 2.05. The number of ether oxygens (including phenoxy) is 2. The maximum Gasteiger partial charge on any atom is 0.126 e. The Morgan fingerprint density at radius 2 is 2.27 bits per heavy atom. The third-order valence-corrected chi connectivity index (χ3v) is 2.51. The molecule has 1 aromatic rings. The number of hydrogen-bond donors (Lipinski definition) is 1. The summed E-state index contributed by atoms with van der Waals surface area (Å²) in [6.45, 7) is 2.08. The molecule has 15 heavy (non-hydrogen) atoms. The van der Waals surface area contributed by atoms with Crippen LogP contribution >= 0.6 is 0 Å². The van der Waals surface area contributed by atoms with Gasteiger partial charge in [-0.25, -0.2) is 0 Å². The summed E-state index contributed by atoms with van der Waals surface area (Å²) in [6, 6.07) is 8.15. The van der Waals surface area contributed by atoms with Crippen LogP contribution in [0.2, 0.25) is 0 Å². The van der Waals surface area contributed by atoms with Crippen LogP contribution in [0, 0.1) is 0 Å². The highest BCUT2D eigenvalue weighted by Gasteiger charge is 2.21. The fraction of sp³-hybridized carbons (Fsp3) is 0.500. The van der Waals surface area contributed by atoms with E-state index in [4.69, 9.17) is 15.2 Å². The second kappa shape index (κ2) is 5.14. The highest BCUT2D eigenvalue weighted by Crippen LogP contribution is 2.27. The van der Waals surface area contributed by atoms with Crippen molar-refractivity contribution < 1.29 is 9.47 Å². The van der Waals surface area contributed by atoms with E-state index in [1.165, 1.54) is 5.56 Å². The van der Waals surface area contributed by atoms with E-state index in [1.807, 2.05) is 18.2 Å². The van der Waals surface area contributed by atoms with Crippen LogP contribution < -0.4 is 10.5 Å². The number of nitrogens with two attached hydrogens (primary N) is 1. The zero-order valence-electron chi connectivity index (χ0n) is 8.82. The molecule has 2 rings (SSSR count). The average Bonchev–Trinajstić information content (AvgIpc) is 2.67. The maximum absolute atomic E-state index is 5.73. The van der Waals surface area contributed by atoms with E-state index in [9.17, 15) is 0 Å². The van der Waals surface area contributed by atoms with Crippen LogP contribution in [0.1, 0.15) is 12.0 Å². The zero-order valence-corrected chi connectivity index (χ0v) is 8.82. The summed E-state index contributed by atoms with van der Waals surface area (Å²) in [4.78, 5) is 0. The molecule has 1 atom stereocenters. The molecule has 0 fully saturated rings. The van der Waals surface area contributed by atoms with Crippen LogP contribution in [-0.4, -0.2) is 25.9 Å². The number of para-hydroxylation sites is 1. The van der Waals surface area contributed by atoms with Crippen molar-refractivity contribution in [2.24, 2.45) is 5.73 Å². The van der Waals surface area contributed by atoms with Gasteiger partial charge < -0.3 is 15.2 Å². The van der Waals surface area contributed by atoms with Crippen LogP contribution in [0.15, 0.2) is 24.3 Å². The Morgan fingerprint density at radius 3 is 3.07 bits per heavy atom. The molecular weight excluding hydrogens is 190 g/mol. The molecule has 0 saturated heterocycles. The third-order valence-electron chi connectivity index (χ3n) is 2.51. The smallest absolute Gasteiger partial charge is 0.126 e. The summed E-state index contributed by atoms with van der Waals surface area (Å²) >= 11 is 0. The van der Waals surface area contributed by atoms with Gasteiger partial charge in [-0.3, -0.25) is 0 Å². The first kappa shape index (κ1) is 10.5. The van der Waals surface area contributed by atoms with Gasteiger partial charge in [-0.05, 0) is 24.6 Å². The van der Waals surface area contributed by atoms with Crippen molar-refractivity contribution in [1.82, 2.24) is 0 Å². The van der Waals surface area contributed by atoms with Crippen LogP contribution in [0.4, 0.5) is 0 Å². The molecular formula is C12H17NO2. The molecule has 1 aliphatic rings. The third kappa shape index (κ3) is 2.70. The lowest BCUT2D eigenvalue weighted by Crippen LogP contribution is -2.21. The Labute approximate surface area is 90.2 Å². The number of hydrogen-bond acceptors (Lipinski definition) is 3. The van der Waals surface area contributed by atoms with Crippen molar-refractivity contribution in [2.75, 3.05) is 19.8 Å².